The number of esters is 1. The number of hydrogen-bond donors (Lipinski definition) is 1. The molecule has 0 amide bonds. The van der Waals surface area contributed by atoms with E-state index in [9.17, 15) is 4.79 Å². The first-order chi connectivity index (χ1) is 13.5. The highest BCUT2D eigenvalue weighted by atomic mass is 32.1. The van der Waals surface area contributed by atoms with Crippen LogP contribution in [-0.2, 0) is 0 Å². The lowest BCUT2D eigenvalue weighted by Crippen LogP contribution is -2.10. The molecule has 6 nitrogen and oxygen atoms in total. The largest absolute Gasteiger partial charge is 0.490 e. The molecule has 1 heterocycles. The number of ether oxygens (including phenoxy) is 2. The van der Waals surface area contributed by atoms with Crippen molar-refractivity contribution in [3.63, 3.8) is 0 Å². The predicted molar refractivity (Wildman–Crippen MR) is 112 cm³/mol. The standard InChI is InChI=1S/C21H21N3O3S/c1-4-26-19-11-16(12-22-24-21-23-15(3)13-28-21)8-9-18(19)27-20(25)17-7-5-6-14(2)10-17/h5-13H,4H2,1-3H3,(H,23,24). The maximum absolute atomic E-state index is 12.4. The van der Waals surface area contributed by atoms with Crippen molar-refractivity contribution in [2.45, 2.75) is 20.8 Å². The molecule has 0 aliphatic heterocycles. The van der Waals surface area contributed by atoms with Crippen molar-refractivity contribution in [3.8, 4) is 11.5 Å². The third-order valence-electron chi connectivity index (χ3n) is 3.72. The Kier molecular flexibility index (Phi) is 6.39. The van der Waals surface area contributed by atoms with Crippen molar-refractivity contribution in [2.75, 3.05) is 12.0 Å². The van der Waals surface area contributed by atoms with E-state index in [-0.39, 0.29) is 0 Å². The predicted octanol–water partition coefficient (Wildman–Crippen LogP) is 4.82. The van der Waals surface area contributed by atoms with Gasteiger partial charge in [-0.1, -0.05) is 17.7 Å². The number of aromatic nitrogens is 1. The second kappa shape index (κ2) is 9.14. The fourth-order valence-electron chi connectivity index (χ4n) is 2.46. The summed E-state index contributed by atoms with van der Waals surface area (Å²) in [5.74, 6) is 0.429. The molecule has 3 rings (SSSR count). The second-order valence-corrected chi connectivity index (χ2v) is 6.92. The van der Waals surface area contributed by atoms with Gasteiger partial charge in [-0.05, 0) is 56.7 Å². The van der Waals surface area contributed by atoms with Gasteiger partial charge in [-0.3, -0.25) is 5.43 Å². The maximum atomic E-state index is 12.4. The summed E-state index contributed by atoms with van der Waals surface area (Å²) in [6, 6.07) is 12.6. The monoisotopic (exact) mass is 395 g/mol. The van der Waals surface area contributed by atoms with E-state index < -0.39 is 5.97 Å². The van der Waals surface area contributed by atoms with Crippen LogP contribution in [0, 0.1) is 13.8 Å². The summed E-state index contributed by atoms with van der Waals surface area (Å²) in [5.41, 5.74) is 6.13. The molecule has 1 N–H and O–H groups in total. The van der Waals surface area contributed by atoms with Gasteiger partial charge in [-0.15, -0.1) is 11.3 Å². The van der Waals surface area contributed by atoms with Gasteiger partial charge in [0, 0.05) is 5.38 Å². The quantitative estimate of drug-likeness (QED) is 0.269. The fraction of sp³-hybridized carbons (Fsp3) is 0.190. The molecule has 0 fully saturated rings. The van der Waals surface area contributed by atoms with Gasteiger partial charge in [0.25, 0.3) is 0 Å². The smallest absolute Gasteiger partial charge is 0.343 e. The average molecular weight is 395 g/mol. The number of nitrogens with one attached hydrogen (secondary N) is 1. The minimum absolute atomic E-state index is 0.369. The van der Waals surface area contributed by atoms with Crippen LogP contribution in [0.5, 0.6) is 11.5 Å². The van der Waals surface area contributed by atoms with Gasteiger partial charge in [0.15, 0.2) is 11.5 Å². The molecular weight excluding hydrogens is 374 g/mol. The van der Waals surface area contributed by atoms with Crippen LogP contribution in [0.15, 0.2) is 52.9 Å². The Labute approximate surface area is 167 Å². The molecule has 0 unspecified atom stereocenters. The van der Waals surface area contributed by atoms with Gasteiger partial charge in [0.2, 0.25) is 5.13 Å². The summed E-state index contributed by atoms with van der Waals surface area (Å²) >= 11 is 1.49. The molecule has 0 saturated heterocycles. The van der Waals surface area contributed by atoms with Crippen LogP contribution in [0.4, 0.5) is 5.13 Å². The Morgan fingerprint density at radius 3 is 2.79 bits per heavy atom. The van der Waals surface area contributed by atoms with Crippen molar-refractivity contribution in [2.24, 2.45) is 5.10 Å². The number of nitrogens with zero attached hydrogens (tertiary/aromatic N) is 2. The van der Waals surface area contributed by atoms with Crippen molar-refractivity contribution in [1.29, 1.82) is 0 Å². The molecule has 0 bridgehead atoms. The Balaban J connectivity index is 1.74. The SMILES string of the molecule is CCOc1cc(C=NNc2nc(C)cs2)ccc1OC(=O)c1cccc(C)c1. The molecule has 0 saturated carbocycles. The van der Waals surface area contributed by atoms with Gasteiger partial charge < -0.3 is 9.47 Å². The Hall–Kier alpha value is -3.19. The first-order valence-electron chi connectivity index (χ1n) is 8.82. The number of carbonyl (C=O) groups excluding carboxylic acids is 1. The number of benzene rings is 2. The summed E-state index contributed by atoms with van der Waals surface area (Å²) in [6.07, 6.45) is 1.66. The second-order valence-electron chi connectivity index (χ2n) is 6.06. The lowest BCUT2D eigenvalue weighted by molar-refractivity contribution is 0.0728. The molecule has 3 aromatic rings. The van der Waals surface area contributed by atoms with Crippen molar-refractivity contribution < 1.29 is 14.3 Å². The van der Waals surface area contributed by atoms with Gasteiger partial charge in [-0.25, -0.2) is 9.78 Å². The van der Waals surface area contributed by atoms with Gasteiger partial charge in [-0.2, -0.15) is 5.10 Å². The van der Waals surface area contributed by atoms with Gasteiger partial charge in [0.05, 0.1) is 24.1 Å². The number of aryl methyl sites for hydroxylation is 2. The summed E-state index contributed by atoms with van der Waals surface area (Å²) in [6.45, 7) is 6.18. The van der Waals surface area contributed by atoms with Crippen LogP contribution in [0.2, 0.25) is 0 Å². The van der Waals surface area contributed by atoms with Crippen LogP contribution in [0.1, 0.15) is 34.1 Å². The fourth-order valence-corrected chi connectivity index (χ4v) is 3.09. The number of rotatable bonds is 7. The highest BCUT2D eigenvalue weighted by molar-refractivity contribution is 7.13. The molecule has 28 heavy (non-hydrogen) atoms. The highest BCUT2D eigenvalue weighted by Crippen LogP contribution is 2.29. The minimum atomic E-state index is -0.424. The van der Waals surface area contributed by atoms with Crippen LogP contribution in [0.25, 0.3) is 0 Å². The zero-order chi connectivity index (χ0) is 19.9. The lowest BCUT2D eigenvalue weighted by atomic mass is 10.1. The van der Waals surface area contributed by atoms with E-state index in [4.69, 9.17) is 9.47 Å². The van der Waals surface area contributed by atoms with E-state index >= 15 is 0 Å². The van der Waals surface area contributed by atoms with E-state index in [0.29, 0.717) is 23.7 Å². The van der Waals surface area contributed by atoms with Gasteiger partial charge in [0.1, 0.15) is 0 Å². The highest BCUT2D eigenvalue weighted by Gasteiger charge is 2.13. The summed E-state index contributed by atoms with van der Waals surface area (Å²) in [5, 5.41) is 6.86. The zero-order valence-corrected chi connectivity index (χ0v) is 16.7. The molecule has 0 aliphatic rings. The number of hydrogen-bond acceptors (Lipinski definition) is 7. The molecule has 7 heteroatoms. The van der Waals surface area contributed by atoms with Crippen LogP contribution in [-0.4, -0.2) is 23.8 Å². The first kappa shape index (κ1) is 19.6. The Bertz CT molecular complexity index is 998. The lowest BCUT2D eigenvalue weighted by Gasteiger charge is -2.11. The third-order valence-corrected chi connectivity index (χ3v) is 4.58. The molecule has 144 valence electrons. The first-order valence-corrected chi connectivity index (χ1v) is 9.70. The maximum Gasteiger partial charge on any atom is 0.343 e. The Morgan fingerprint density at radius 1 is 1.21 bits per heavy atom. The normalized spacial score (nSPS) is 10.8. The van der Waals surface area contributed by atoms with Crippen LogP contribution in [0.3, 0.4) is 0 Å². The molecule has 0 spiro atoms. The third kappa shape index (κ3) is 5.17. The van der Waals surface area contributed by atoms with E-state index in [0.717, 1.165) is 22.0 Å². The van der Waals surface area contributed by atoms with Crippen molar-refractivity contribution in [1.82, 2.24) is 4.98 Å². The number of carbonyl (C=O) groups is 1. The molecule has 0 aliphatic carbocycles. The van der Waals surface area contributed by atoms with E-state index in [2.05, 4.69) is 15.5 Å². The van der Waals surface area contributed by atoms with Crippen molar-refractivity contribution >= 4 is 28.7 Å². The minimum Gasteiger partial charge on any atom is -0.490 e. The average Bonchev–Trinajstić information content (AvgIpc) is 3.09. The zero-order valence-electron chi connectivity index (χ0n) is 15.9. The number of hydrazone groups is 1. The topological polar surface area (TPSA) is 72.8 Å². The summed E-state index contributed by atoms with van der Waals surface area (Å²) in [4.78, 5) is 16.7. The molecule has 1 aromatic heterocycles. The van der Waals surface area contributed by atoms with Crippen LogP contribution < -0.4 is 14.9 Å². The summed E-state index contributed by atoms with van der Waals surface area (Å²) in [7, 11) is 0. The van der Waals surface area contributed by atoms with Crippen LogP contribution >= 0.6 is 11.3 Å². The van der Waals surface area contributed by atoms with Crippen molar-refractivity contribution in [3.05, 3.63) is 70.2 Å². The number of anilines is 1. The molecule has 2 aromatic carbocycles. The van der Waals surface area contributed by atoms with E-state index in [1.807, 2.05) is 38.3 Å². The Morgan fingerprint density at radius 2 is 2.07 bits per heavy atom. The molecule has 0 radical (unpaired) electrons. The van der Waals surface area contributed by atoms with E-state index in [1.54, 1.807) is 36.5 Å². The van der Waals surface area contributed by atoms with E-state index in [1.165, 1.54) is 11.3 Å². The molecular formula is C21H21N3O3S. The summed E-state index contributed by atoms with van der Waals surface area (Å²) < 4.78 is 11.2. The van der Waals surface area contributed by atoms with Gasteiger partial charge >= 0.3 is 5.97 Å². The number of thiazole rings is 1. The molecule has 0 atom stereocenters.